The quantitative estimate of drug-likeness (QED) is 0.713. The highest BCUT2D eigenvalue weighted by Crippen LogP contribution is 2.30. The highest BCUT2D eigenvalue weighted by molar-refractivity contribution is 5.89. The van der Waals surface area contributed by atoms with E-state index >= 15 is 0 Å². The molecule has 1 aliphatic rings. The predicted molar refractivity (Wildman–Crippen MR) is 97.2 cm³/mol. The molecule has 0 saturated carbocycles. The molecular formula is C21H21F2NO4. The van der Waals surface area contributed by atoms with Crippen LogP contribution in [0.4, 0.5) is 8.78 Å². The van der Waals surface area contributed by atoms with E-state index < -0.39 is 29.0 Å². The topological polar surface area (TPSA) is 55.8 Å². The van der Waals surface area contributed by atoms with Gasteiger partial charge in [-0.25, -0.2) is 13.6 Å². The molecule has 0 N–H and O–H groups in total. The van der Waals surface area contributed by atoms with Gasteiger partial charge in [0.15, 0.2) is 17.2 Å². The van der Waals surface area contributed by atoms with Crippen LogP contribution in [0, 0.1) is 11.6 Å². The van der Waals surface area contributed by atoms with Crippen LogP contribution in [0.3, 0.4) is 0 Å². The first-order valence-corrected chi connectivity index (χ1v) is 8.91. The molecule has 148 valence electrons. The van der Waals surface area contributed by atoms with E-state index in [1.165, 1.54) is 18.1 Å². The minimum atomic E-state index is -1.25. The molecule has 0 spiro atoms. The summed E-state index contributed by atoms with van der Waals surface area (Å²) in [6, 6.07) is 12.5. The van der Waals surface area contributed by atoms with Gasteiger partial charge in [0.1, 0.15) is 0 Å². The van der Waals surface area contributed by atoms with E-state index in [1.54, 1.807) is 0 Å². The van der Waals surface area contributed by atoms with Gasteiger partial charge in [-0.15, -0.1) is 0 Å². The molecule has 1 fully saturated rings. The van der Waals surface area contributed by atoms with Gasteiger partial charge in [0.05, 0.1) is 20.1 Å². The van der Waals surface area contributed by atoms with Crippen LogP contribution in [-0.4, -0.2) is 42.6 Å². The molecular weight excluding hydrogens is 368 g/mol. The first kappa shape index (κ1) is 19.9. The van der Waals surface area contributed by atoms with Crippen molar-refractivity contribution in [3.63, 3.8) is 0 Å². The van der Waals surface area contributed by atoms with Crippen LogP contribution in [0.1, 0.15) is 17.5 Å². The van der Waals surface area contributed by atoms with E-state index in [1.807, 2.05) is 30.3 Å². The summed E-state index contributed by atoms with van der Waals surface area (Å²) in [7, 11) is 1.27. The Kier molecular flexibility index (Phi) is 6.04. The van der Waals surface area contributed by atoms with Crippen LogP contribution in [0.15, 0.2) is 48.5 Å². The van der Waals surface area contributed by atoms with Crippen molar-refractivity contribution in [2.24, 2.45) is 0 Å². The molecule has 28 heavy (non-hydrogen) atoms. The minimum Gasteiger partial charge on any atom is -0.467 e. The minimum absolute atomic E-state index is 0.0238. The summed E-state index contributed by atoms with van der Waals surface area (Å²) in [6.45, 7) is 0.511. The van der Waals surface area contributed by atoms with Crippen molar-refractivity contribution in [3.8, 4) is 0 Å². The summed E-state index contributed by atoms with van der Waals surface area (Å²) in [5, 5.41) is 0. The molecule has 2 aromatic carbocycles. The summed E-state index contributed by atoms with van der Waals surface area (Å²) in [6.07, 6.45) is 0.124. The van der Waals surface area contributed by atoms with E-state index in [9.17, 15) is 18.4 Å². The number of hydrogen-bond donors (Lipinski definition) is 0. The predicted octanol–water partition coefficient (Wildman–Crippen LogP) is 2.87. The van der Waals surface area contributed by atoms with E-state index in [2.05, 4.69) is 0 Å². The van der Waals surface area contributed by atoms with Crippen molar-refractivity contribution in [1.82, 2.24) is 4.90 Å². The number of benzene rings is 2. The average molecular weight is 389 g/mol. The number of methoxy groups -OCH3 is 1. The van der Waals surface area contributed by atoms with Crippen molar-refractivity contribution >= 4 is 11.9 Å². The van der Waals surface area contributed by atoms with Crippen LogP contribution in [0.25, 0.3) is 0 Å². The summed E-state index contributed by atoms with van der Waals surface area (Å²) >= 11 is 0. The number of halogens is 2. The number of carbonyl (C=O) groups excluding carboxylic acids is 2. The van der Waals surface area contributed by atoms with E-state index in [0.29, 0.717) is 18.6 Å². The van der Waals surface area contributed by atoms with E-state index in [4.69, 9.17) is 9.47 Å². The first-order chi connectivity index (χ1) is 13.5. The molecule has 1 amide bonds. The molecule has 0 radical (unpaired) electrons. The van der Waals surface area contributed by atoms with Gasteiger partial charge in [0.25, 0.3) is 0 Å². The molecule has 7 heteroatoms. The van der Waals surface area contributed by atoms with Gasteiger partial charge in [-0.3, -0.25) is 4.79 Å². The maximum atomic E-state index is 13.5. The van der Waals surface area contributed by atoms with Crippen LogP contribution in [0.2, 0.25) is 0 Å². The molecule has 0 unspecified atom stereocenters. The van der Waals surface area contributed by atoms with Crippen LogP contribution < -0.4 is 0 Å². The third-order valence-electron chi connectivity index (χ3n) is 4.91. The Morgan fingerprint density at radius 3 is 2.46 bits per heavy atom. The highest BCUT2D eigenvalue weighted by atomic mass is 19.2. The maximum Gasteiger partial charge on any atom is 0.334 e. The van der Waals surface area contributed by atoms with Crippen molar-refractivity contribution in [1.29, 1.82) is 0 Å². The van der Waals surface area contributed by atoms with Crippen molar-refractivity contribution < 1.29 is 27.8 Å². The number of rotatable bonds is 6. The lowest BCUT2D eigenvalue weighted by atomic mass is 9.94. The smallest absolute Gasteiger partial charge is 0.334 e. The molecule has 0 aliphatic carbocycles. The van der Waals surface area contributed by atoms with Crippen LogP contribution >= 0.6 is 0 Å². The standard InChI is InChI=1S/C21H21F2NO4/c1-27-20(26)21(9-10-28-14-21)24(13-15-5-3-2-4-6-15)19(25)12-16-7-8-17(22)18(23)11-16/h2-8,11H,9-10,12-14H2,1H3/t21-/m0/s1. The van der Waals surface area contributed by atoms with Gasteiger partial charge in [0.2, 0.25) is 5.91 Å². The summed E-state index contributed by atoms with van der Waals surface area (Å²) in [5.41, 5.74) is -0.0996. The molecule has 1 aliphatic heterocycles. The van der Waals surface area contributed by atoms with Gasteiger partial charge >= 0.3 is 5.97 Å². The monoisotopic (exact) mass is 389 g/mol. The highest BCUT2D eigenvalue weighted by Gasteiger charge is 2.50. The summed E-state index contributed by atoms with van der Waals surface area (Å²) in [4.78, 5) is 27.2. The van der Waals surface area contributed by atoms with E-state index in [0.717, 1.165) is 17.7 Å². The Balaban J connectivity index is 1.93. The Bertz CT molecular complexity index is 851. The van der Waals surface area contributed by atoms with Crippen molar-refractivity contribution in [3.05, 3.63) is 71.3 Å². The van der Waals surface area contributed by atoms with Gasteiger partial charge in [-0.2, -0.15) is 0 Å². The zero-order valence-corrected chi connectivity index (χ0v) is 15.5. The fraction of sp³-hybridized carbons (Fsp3) is 0.333. The summed E-state index contributed by atoms with van der Waals surface area (Å²) in [5.74, 6) is -2.95. The van der Waals surface area contributed by atoms with Crippen LogP contribution in [0.5, 0.6) is 0 Å². The van der Waals surface area contributed by atoms with Gasteiger partial charge in [-0.05, 0) is 23.3 Å². The molecule has 0 aromatic heterocycles. The first-order valence-electron chi connectivity index (χ1n) is 8.91. The largest absolute Gasteiger partial charge is 0.467 e. The molecule has 1 atom stereocenters. The molecule has 0 bridgehead atoms. The lowest BCUT2D eigenvalue weighted by Crippen LogP contribution is -2.58. The van der Waals surface area contributed by atoms with Crippen molar-refractivity contribution in [2.45, 2.75) is 24.9 Å². The van der Waals surface area contributed by atoms with Gasteiger partial charge in [0, 0.05) is 19.6 Å². The average Bonchev–Trinajstić information content (AvgIpc) is 3.20. The maximum absolute atomic E-state index is 13.5. The summed E-state index contributed by atoms with van der Waals surface area (Å²) < 4.78 is 37.1. The molecule has 2 aromatic rings. The van der Waals surface area contributed by atoms with E-state index in [-0.39, 0.29) is 19.6 Å². The van der Waals surface area contributed by atoms with Crippen LogP contribution in [-0.2, 0) is 32.0 Å². The lowest BCUT2D eigenvalue weighted by Gasteiger charge is -2.38. The third kappa shape index (κ3) is 4.04. The molecule has 1 saturated heterocycles. The fourth-order valence-electron chi connectivity index (χ4n) is 3.39. The Hall–Kier alpha value is -2.80. The van der Waals surface area contributed by atoms with Gasteiger partial charge in [-0.1, -0.05) is 36.4 Å². The second-order valence-corrected chi connectivity index (χ2v) is 6.72. The Labute approximate surface area is 161 Å². The van der Waals surface area contributed by atoms with Gasteiger partial charge < -0.3 is 14.4 Å². The normalized spacial score (nSPS) is 18.7. The second kappa shape index (κ2) is 8.48. The Morgan fingerprint density at radius 1 is 1.11 bits per heavy atom. The number of nitrogens with zero attached hydrogens (tertiary/aromatic N) is 1. The zero-order valence-electron chi connectivity index (χ0n) is 15.5. The molecule has 3 rings (SSSR count). The molecule has 1 heterocycles. The second-order valence-electron chi connectivity index (χ2n) is 6.72. The Morgan fingerprint density at radius 2 is 1.86 bits per heavy atom. The number of ether oxygens (including phenoxy) is 2. The number of amides is 1. The number of carbonyl (C=O) groups is 2. The fourth-order valence-corrected chi connectivity index (χ4v) is 3.39. The zero-order chi connectivity index (χ0) is 20.1. The SMILES string of the molecule is COC(=O)[C@]1(N(Cc2ccccc2)C(=O)Cc2ccc(F)c(F)c2)CCOC1. The number of hydrogen-bond acceptors (Lipinski definition) is 4. The molecule has 5 nitrogen and oxygen atoms in total. The lowest BCUT2D eigenvalue weighted by molar-refractivity contribution is -0.162. The van der Waals surface area contributed by atoms with Crippen molar-refractivity contribution in [2.75, 3.05) is 20.3 Å². The third-order valence-corrected chi connectivity index (χ3v) is 4.91. The number of esters is 1.